The average molecular weight is 227 g/mol. The number of carbonyl (C=O) groups excluding carboxylic acids is 2. The molecular weight excluding hydrogens is 215 g/mol. The highest BCUT2D eigenvalue weighted by atomic mass is 35.5. The van der Waals surface area contributed by atoms with Crippen LogP contribution in [0.2, 0.25) is 0 Å². The van der Waals surface area contributed by atoms with Gasteiger partial charge >= 0.3 is 11.9 Å². The van der Waals surface area contributed by atoms with Crippen LogP contribution >= 0.6 is 23.2 Å². The lowest BCUT2D eigenvalue weighted by atomic mass is 10.3. The molecule has 0 saturated heterocycles. The third-order valence-electron chi connectivity index (χ3n) is 1.43. The topological polar surface area (TPSA) is 43.4 Å². The van der Waals surface area contributed by atoms with Gasteiger partial charge in [-0.25, -0.2) is 9.59 Å². The third kappa shape index (κ3) is 4.48. The van der Waals surface area contributed by atoms with E-state index in [0.717, 1.165) is 0 Å². The van der Waals surface area contributed by atoms with Gasteiger partial charge in [0.2, 0.25) is 0 Å². The van der Waals surface area contributed by atoms with Crippen LogP contribution in [0.1, 0.15) is 26.7 Å². The van der Waals surface area contributed by atoms with E-state index in [4.69, 9.17) is 23.2 Å². The number of ether oxygens (including phenoxy) is 1. The Morgan fingerprint density at radius 3 is 1.62 bits per heavy atom. The van der Waals surface area contributed by atoms with Gasteiger partial charge in [0.1, 0.15) is 10.8 Å². The maximum atomic E-state index is 11.0. The standard InChI is InChI=1S/C8H12Cl2O3/c1-3-5(9)7(11)13-8(12)6(10)4-2/h5-6H,3-4H2,1-2H3. The molecule has 0 spiro atoms. The van der Waals surface area contributed by atoms with Gasteiger partial charge in [0, 0.05) is 0 Å². The number of halogens is 2. The summed E-state index contributed by atoms with van der Waals surface area (Å²) in [7, 11) is 0. The van der Waals surface area contributed by atoms with E-state index in [1.165, 1.54) is 0 Å². The molecule has 0 bridgehead atoms. The summed E-state index contributed by atoms with van der Waals surface area (Å²) in [5.74, 6) is -1.46. The highest BCUT2D eigenvalue weighted by molar-refractivity contribution is 6.33. The number of rotatable bonds is 4. The lowest BCUT2D eigenvalue weighted by Gasteiger charge is -2.08. The fourth-order valence-corrected chi connectivity index (χ4v) is 0.649. The van der Waals surface area contributed by atoms with Crippen molar-refractivity contribution in [2.45, 2.75) is 37.4 Å². The van der Waals surface area contributed by atoms with Crippen LogP contribution in [-0.2, 0) is 14.3 Å². The molecule has 5 heteroatoms. The third-order valence-corrected chi connectivity index (χ3v) is 2.40. The number of esters is 2. The minimum atomic E-state index is -0.773. The lowest BCUT2D eigenvalue weighted by Crippen LogP contribution is -2.26. The summed E-state index contributed by atoms with van der Waals surface area (Å²) in [5, 5.41) is -1.55. The molecule has 2 atom stereocenters. The second-order valence-electron chi connectivity index (χ2n) is 2.49. The van der Waals surface area contributed by atoms with E-state index in [2.05, 4.69) is 4.74 Å². The first-order valence-corrected chi connectivity index (χ1v) is 4.93. The number of hydrogen-bond acceptors (Lipinski definition) is 3. The molecule has 0 fully saturated rings. The fourth-order valence-electron chi connectivity index (χ4n) is 0.560. The maximum Gasteiger partial charge on any atom is 0.331 e. The van der Waals surface area contributed by atoms with Crippen molar-refractivity contribution in [2.24, 2.45) is 0 Å². The molecule has 0 aliphatic rings. The molecule has 0 heterocycles. The second kappa shape index (κ2) is 6.22. The van der Waals surface area contributed by atoms with Crippen molar-refractivity contribution in [2.75, 3.05) is 0 Å². The molecule has 0 aromatic rings. The number of hydrogen-bond donors (Lipinski definition) is 0. The normalized spacial score (nSPS) is 14.8. The molecule has 0 aliphatic carbocycles. The first kappa shape index (κ1) is 12.7. The first-order chi connectivity index (χ1) is 6.02. The molecule has 76 valence electrons. The van der Waals surface area contributed by atoms with Gasteiger partial charge in [0.15, 0.2) is 0 Å². The summed E-state index contributed by atoms with van der Waals surface area (Å²) in [4.78, 5) is 21.9. The highest BCUT2D eigenvalue weighted by Crippen LogP contribution is 2.08. The first-order valence-electron chi connectivity index (χ1n) is 4.06. The molecule has 2 unspecified atom stereocenters. The molecule has 0 N–H and O–H groups in total. The quantitative estimate of drug-likeness (QED) is 0.419. The van der Waals surface area contributed by atoms with E-state index < -0.39 is 22.7 Å². The largest absolute Gasteiger partial charge is 0.391 e. The van der Waals surface area contributed by atoms with Crippen LogP contribution in [0.4, 0.5) is 0 Å². The molecular formula is C8H12Cl2O3. The average Bonchev–Trinajstić information content (AvgIpc) is 2.14. The Labute approximate surface area is 87.3 Å². The molecule has 3 nitrogen and oxygen atoms in total. The number of carbonyl (C=O) groups is 2. The number of alkyl halides is 2. The van der Waals surface area contributed by atoms with Gasteiger partial charge < -0.3 is 4.74 Å². The van der Waals surface area contributed by atoms with Gasteiger partial charge in [-0.15, -0.1) is 23.2 Å². The fraction of sp³-hybridized carbons (Fsp3) is 0.750. The van der Waals surface area contributed by atoms with Crippen LogP contribution < -0.4 is 0 Å². The van der Waals surface area contributed by atoms with E-state index in [-0.39, 0.29) is 0 Å². The summed E-state index contributed by atoms with van der Waals surface area (Å²) in [5.41, 5.74) is 0. The summed E-state index contributed by atoms with van der Waals surface area (Å²) >= 11 is 11.1. The predicted molar refractivity (Wildman–Crippen MR) is 51.0 cm³/mol. The predicted octanol–water partition coefficient (Wildman–Crippen LogP) is 2.09. The van der Waals surface area contributed by atoms with Gasteiger partial charge in [0.05, 0.1) is 0 Å². The SMILES string of the molecule is CCC(Cl)C(=O)OC(=O)C(Cl)CC. The van der Waals surface area contributed by atoms with Crippen molar-refractivity contribution >= 4 is 35.1 Å². The highest BCUT2D eigenvalue weighted by Gasteiger charge is 2.22. The van der Waals surface area contributed by atoms with Crippen LogP contribution in [0.3, 0.4) is 0 Å². The maximum absolute atomic E-state index is 11.0. The van der Waals surface area contributed by atoms with Crippen molar-refractivity contribution in [3.8, 4) is 0 Å². The Balaban J connectivity index is 3.99. The Kier molecular flexibility index (Phi) is 6.08. The molecule has 0 rings (SSSR count). The molecule has 0 aromatic heterocycles. The summed E-state index contributed by atoms with van der Waals surface area (Å²) in [6.07, 6.45) is 0.847. The second-order valence-corrected chi connectivity index (χ2v) is 3.55. The van der Waals surface area contributed by atoms with Crippen molar-refractivity contribution in [1.82, 2.24) is 0 Å². The Morgan fingerprint density at radius 1 is 1.08 bits per heavy atom. The summed E-state index contributed by atoms with van der Waals surface area (Å²) in [6.45, 7) is 3.45. The van der Waals surface area contributed by atoms with E-state index in [1.54, 1.807) is 13.8 Å². The molecule has 0 amide bonds. The molecule has 13 heavy (non-hydrogen) atoms. The monoisotopic (exact) mass is 226 g/mol. The van der Waals surface area contributed by atoms with E-state index in [0.29, 0.717) is 12.8 Å². The summed E-state index contributed by atoms with van der Waals surface area (Å²) in [6, 6.07) is 0. The minimum Gasteiger partial charge on any atom is -0.391 e. The smallest absolute Gasteiger partial charge is 0.331 e. The van der Waals surface area contributed by atoms with Crippen LogP contribution in [-0.4, -0.2) is 22.7 Å². The Hall–Kier alpha value is -0.280. The molecule has 0 radical (unpaired) electrons. The van der Waals surface area contributed by atoms with Gasteiger partial charge in [-0.3, -0.25) is 0 Å². The van der Waals surface area contributed by atoms with E-state index in [9.17, 15) is 9.59 Å². The van der Waals surface area contributed by atoms with Crippen molar-refractivity contribution in [3.05, 3.63) is 0 Å². The van der Waals surface area contributed by atoms with Crippen LogP contribution in [0, 0.1) is 0 Å². The van der Waals surface area contributed by atoms with E-state index in [1.807, 2.05) is 0 Å². The Morgan fingerprint density at radius 2 is 1.38 bits per heavy atom. The van der Waals surface area contributed by atoms with Gasteiger partial charge in [-0.1, -0.05) is 13.8 Å². The van der Waals surface area contributed by atoms with Gasteiger partial charge in [-0.2, -0.15) is 0 Å². The van der Waals surface area contributed by atoms with Crippen molar-refractivity contribution in [3.63, 3.8) is 0 Å². The summed E-state index contributed by atoms with van der Waals surface area (Å²) < 4.78 is 4.41. The van der Waals surface area contributed by atoms with Gasteiger partial charge in [-0.05, 0) is 12.8 Å². The van der Waals surface area contributed by atoms with Crippen LogP contribution in [0.15, 0.2) is 0 Å². The van der Waals surface area contributed by atoms with E-state index >= 15 is 0 Å². The van der Waals surface area contributed by atoms with Crippen LogP contribution in [0.25, 0.3) is 0 Å². The minimum absolute atomic E-state index is 0.423. The van der Waals surface area contributed by atoms with Crippen molar-refractivity contribution in [1.29, 1.82) is 0 Å². The molecule has 0 saturated carbocycles. The zero-order valence-electron chi connectivity index (χ0n) is 7.55. The molecule has 0 aromatic carbocycles. The zero-order chi connectivity index (χ0) is 10.4. The molecule has 0 aliphatic heterocycles. The lowest BCUT2D eigenvalue weighted by molar-refractivity contribution is -0.159. The van der Waals surface area contributed by atoms with Crippen molar-refractivity contribution < 1.29 is 14.3 Å². The zero-order valence-corrected chi connectivity index (χ0v) is 9.06. The van der Waals surface area contributed by atoms with Gasteiger partial charge in [0.25, 0.3) is 0 Å². The Bertz CT molecular complexity index is 174. The van der Waals surface area contributed by atoms with Crippen LogP contribution in [0.5, 0.6) is 0 Å².